The average Bonchev–Trinajstić information content (AvgIpc) is 3.12. The molecule has 0 radical (unpaired) electrons. The van der Waals surface area contributed by atoms with Crippen LogP contribution < -0.4 is 0 Å². The van der Waals surface area contributed by atoms with Crippen molar-refractivity contribution in [3.05, 3.63) is 58.5 Å². The minimum absolute atomic E-state index is 0.0982. The van der Waals surface area contributed by atoms with Crippen molar-refractivity contribution in [2.24, 2.45) is 0 Å². The molecule has 0 unspecified atom stereocenters. The molecule has 1 saturated heterocycles. The Balaban J connectivity index is 2.01. The molecule has 0 aliphatic carbocycles. The van der Waals surface area contributed by atoms with E-state index in [4.69, 9.17) is 18.2 Å². The van der Waals surface area contributed by atoms with Gasteiger partial charge >= 0.3 is 6.18 Å². The number of hydrogen-bond acceptors (Lipinski definition) is 7. The normalized spacial score (nSPS) is 22.3. The number of sulfone groups is 1. The second-order valence-corrected chi connectivity index (χ2v) is 11.6. The van der Waals surface area contributed by atoms with Gasteiger partial charge in [-0.15, -0.1) is 4.98 Å². The van der Waals surface area contributed by atoms with Gasteiger partial charge in [-0.3, -0.25) is 0 Å². The molecule has 2 atom stereocenters. The summed E-state index contributed by atoms with van der Waals surface area (Å²) in [6.07, 6.45) is -3.91. The molecule has 33 heavy (non-hydrogen) atoms. The highest BCUT2D eigenvalue weighted by Crippen LogP contribution is 2.38. The number of rotatable bonds is 5. The smallest absolute Gasteiger partial charge is 0.393 e. The van der Waals surface area contributed by atoms with Crippen LogP contribution >= 0.6 is 11.6 Å². The van der Waals surface area contributed by atoms with Crippen LogP contribution in [0, 0.1) is 6.57 Å². The van der Waals surface area contributed by atoms with E-state index in [2.05, 4.69) is 9.83 Å². The zero-order valence-electron chi connectivity index (χ0n) is 16.4. The van der Waals surface area contributed by atoms with E-state index in [0.29, 0.717) is 22.5 Å². The highest BCUT2D eigenvalue weighted by atomic mass is 35.5. The SMILES string of the molecule is [C-]#[N+]c1ccc(S(=O)(=O)[C@H]2CN(S(=O)(=O)c3ccc(C(F)(F)F)cc3Cl)C[C@@]2(O)CO)cn1. The summed E-state index contributed by atoms with van der Waals surface area (Å²) in [5.74, 6) is -0.0982. The largest absolute Gasteiger partial charge is 0.416 e. The van der Waals surface area contributed by atoms with Gasteiger partial charge in [0, 0.05) is 13.1 Å². The molecule has 1 aliphatic heterocycles. The summed E-state index contributed by atoms with van der Waals surface area (Å²) in [4.78, 5) is 5.53. The molecular weight excluding hydrogens is 511 g/mol. The van der Waals surface area contributed by atoms with Crippen molar-refractivity contribution in [3.8, 4) is 0 Å². The van der Waals surface area contributed by atoms with Gasteiger partial charge in [0.2, 0.25) is 10.0 Å². The van der Waals surface area contributed by atoms with Gasteiger partial charge in [-0.2, -0.15) is 17.5 Å². The Morgan fingerprint density at radius 2 is 1.91 bits per heavy atom. The van der Waals surface area contributed by atoms with E-state index >= 15 is 0 Å². The topological polar surface area (TPSA) is 129 Å². The molecule has 178 valence electrons. The highest BCUT2D eigenvalue weighted by Gasteiger charge is 2.55. The molecule has 15 heteroatoms. The molecular formula is C18H15ClF3N3O6S2. The number of benzene rings is 1. The zero-order valence-corrected chi connectivity index (χ0v) is 18.7. The lowest BCUT2D eigenvalue weighted by atomic mass is 10.1. The van der Waals surface area contributed by atoms with Crippen LogP contribution in [0.25, 0.3) is 4.85 Å². The molecule has 9 nitrogen and oxygen atoms in total. The number of β-amino-alcohol motifs (C(OH)–C–C–N with tert-alkyl or cyclic N) is 1. The Morgan fingerprint density at radius 3 is 2.39 bits per heavy atom. The Morgan fingerprint density at radius 1 is 1.24 bits per heavy atom. The lowest BCUT2D eigenvalue weighted by Crippen LogP contribution is -2.49. The maximum Gasteiger partial charge on any atom is 0.416 e. The minimum atomic E-state index is -4.77. The van der Waals surface area contributed by atoms with E-state index in [9.17, 15) is 40.2 Å². The number of aromatic nitrogens is 1. The number of alkyl halides is 3. The monoisotopic (exact) mass is 525 g/mol. The molecule has 2 N–H and O–H groups in total. The van der Waals surface area contributed by atoms with Crippen LogP contribution in [0.4, 0.5) is 19.0 Å². The first kappa shape index (κ1) is 25.3. The van der Waals surface area contributed by atoms with Crippen LogP contribution in [-0.4, -0.2) is 66.9 Å². The van der Waals surface area contributed by atoms with E-state index in [0.717, 1.165) is 18.3 Å². The van der Waals surface area contributed by atoms with E-state index in [-0.39, 0.29) is 5.82 Å². The predicted octanol–water partition coefficient (Wildman–Crippen LogP) is 1.87. The highest BCUT2D eigenvalue weighted by molar-refractivity contribution is 7.92. The summed E-state index contributed by atoms with van der Waals surface area (Å²) in [6, 6.07) is 3.72. The molecule has 1 aromatic carbocycles. The molecule has 1 aromatic heterocycles. The fourth-order valence-electron chi connectivity index (χ4n) is 3.35. The van der Waals surface area contributed by atoms with Gasteiger partial charge in [0.15, 0.2) is 9.84 Å². The van der Waals surface area contributed by atoms with Crippen LogP contribution in [0.15, 0.2) is 46.3 Å². The fourth-order valence-corrected chi connectivity index (χ4v) is 7.36. The van der Waals surface area contributed by atoms with Gasteiger partial charge in [-0.25, -0.2) is 16.8 Å². The van der Waals surface area contributed by atoms with Gasteiger partial charge in [0.1, 0.15) is 26.8 Å². The average molecular weight is 526 g/mol. The Labute approximate surface area is 191 Å². The Bertz CT molecular complexity index is 1330. The minimum Gasteiger partial charge on any atom is -0.393 e. The Hall–Kier alpha value is -2.28. The maximum atomic E-state index is 13.1. The van der Waals surface area contributed by atoms with Crippen molar-refractivity contribution in [3.63, 3.8) is 0 Å². The van der Waals surface area contributed by atoms with Crippen LogP contribution in [-0.2, 0) is 26.0 Å². The van der Waals surface area contributed by atoms with E-state index in [1.165, 1.54) is 0 Å². The molecule has 0 spiro atoms. The van der Waals surface area contributed by atoms with E-state index < -0.39 is 77.0 Å². The molecule has 2 heterocycles. The first-order valence-electron chi connectivity index (χ1n) is 8.94. The predicted molar refractivity (Wildman–Crippen MR) is 109 cm³/mol. The number of aliphatic hydroxyl groups is 2. The van der Waals surface area contributed by atoms with Crippen LogP contribution in [0.1, 0.15) is 5.56 Å². The third-order valence-electron chi connectivity index (χ3n) is 5.11. The first-order chi connectivity index (χ1) is 15.2. The van der Waals surface area contributed by atoms with Gasteiger partial charge in [0.05, 0.1) is 17.2 Å². The van der Waals surface area contributed by atoms with Gasteiger partial charge in [-0.05, 0) is 30.3 Å². The summed E-state index contributed by atoms with van der Waals surface area (Å²) in [5.41, 5.74) is -3.61. The van der Waals surface area contributed by atoms with Crippen LogP contribution in [0.5, 0.6) is 0 Å². The zero-order chi connectivity index (χ0) is 24.8. The number of pyridine rings is 1. The van der Waals surface area contributed by atoms with Crippen molar-refractivity contribution >= 4 is 37.3 Å². The molecule has 0 amide bonds. The lowest BCUT2D eigenvalue weighted by molar-refractivity contribution is -0.137. The van der Waals surface area contributed by atoms with Crippen molar-refractivity contribution < 1.29 is 40.2 Å². The molecule has 1 aliphatic rings. The third-order valence-corrected chi connectivity index (χ3v) is 9.64. The first-order valence-corrected chi connectivity index (χ1v) is 12.3. The second kappa shape index (κ2) is 8.49. The molecule has 0 saturated carbocycles. The molecule has 1 fully saturated rings. The van der Waals surface area contributed by atoms with E-state index in [1.54, 1.807) is 0 Å². The summed E-state index contributed by atoms with van der Waals surface area (Å²) in [7, 11) is -9.11. The summed E-state index contributed by atoms with van der Waals surface area (Å²) in [5, 5.41) is 17.9. The van der Waals surface area contributed by atoms with Crippen LogP contribution in [0.2, 0.25) is 5.02 Å². The quantitative estimate of drug-likeness (QED) is 0.570. The standard InChI is InChI=1S/C18H15ClF3N3O6S2/c1-23-16-5-3-12(7-24-16)32(28,29)15-8-25(9-17(15,27)10-26)33(30,31)14-4-2-11(6-13(14)19)18(20,21)22/h2-7,15,26-27H,8-10H2/t15-,17+/m0/s1. The summed E-state index contributed by atoms with van der Waals surface area (Å²) < 4.78 is 91.4. The molecule has 2 aromatic rings. The van der Waals surface area contributed by atoms with E-state index in [1.807, 2.05) is 0 Å². The van der Waals surface area contributed by atoms with Gasteiger partial charge in [-0.1, -0.05) is 18.2 Å². The maximum absolute atomic E-state index is 13.1. The lowest BCUT2D eigenvalue weighted by Gasteiger charge is -2.26. The van der Waals surface area contributed by atoms with Crippen molar-refractivity contribution in [1.82, 2.24) is 9.29 Å². The van der Waals surface area contributed by atoms with Crippen LogP contribution in [0.3, 0.4) is 0 Å². The van der Waals surface area contributed by atoms with Gasteiger partial charge in [0.25, 0.3) is 5.82 Å². The number of sulfonamides is 1. The fraction of sp³-hybridized carbons (Fsp3) is 0.333. The van der Waals surface area contributed by atoms with Crippen molar-refractivity contribution in [2.75, 3.05) is 19.7 Å². The number of aliphatic hydroxyl groups excluding tert-OH is 1. The number of halogens is 4. The summed E-state index contributed by atoms with van der Waals surface area (Å²) >= 11 is 5.79. The Kier molecular flexibility index (Phi) is 6.52. The number of hydrogen-bond donors (Lipinski definition) is 2. The molecule has 3 rings (SSSR count). The van der Waals surface area contributed by atoms with Gasteiger partial charge < -0.3 is 15.1 Å². The number of nitrogens with zero attached hydrogens (tertiary/aromatic N) is 3. The molecule has 0 bridgehead atoms. The van der Waals surface area contributed by atoms with Crippen molar-refractivity contribution in [2.45, 2.75) is 26.8 Å². The summed E-state index contributed by atoms with van der Waals surface area (Å²) in [6.45, 7) is 4.06. The van der Waals surface area contributed by atoms with Crippen molar-refractivity contribution in [1.29, 1.82) is 0 Å². The third kappa shape index (κ3) is 4.57. The second-order valence-electron chi connectivity index (χ2n) is 7.20.